The van der Waals surface area contributed by atoms with E-state index in [0.29, 0.717) is 11.5 Å². The number of halogens is 1. The van der Waals surface area contributed by atoms with Gasteiger partial charge < -0.3 is 14.2 Å². The zero-order valence-corrected chi connectivity index (χ0v) is 9.29. The third-order valence-electron chi connectivity index (χ3n) is 1.69. The van der Waals surface area contributed by atoms with Crippen molar-refractivity contribution < 1.29 is 14.2 Å². The highest BCUT2D eigenvalue weighted by Gasteiger charge is 2.38. The Morgan fingerprint density at radius 1 is 1.31 bits per heavy atom. The molecule has 0 fully saturated rings. The lowest BCUT2D eigenvalue weighted by Gasteiger charge is -2.28. The first-order valence-electron chi connectivity index (χ1n) is 3.62. The number of hydrogen-bond donors (Lipinski definition) is 0. The standard InChI is InChI=1S/C8H11BrNO3/c1-11-6-4-10-5-8(9,13-3)7(6)12-2/h4-5H,1-3H3. The average molecular weight is 249 g/mol. The summed E-state index contributed by atoms with van der Waals surface area (Å²) in [5, 5.41) is 0. The van der Waals surface area contributed by atoms with Crippen LogP contribution in [0.3, 0.4) is 0 Å². The van der Waals surface area contributed by atoms with Crippen molar-refractivity contribution in [1.82, 2.24) is 0 Å². The van der Waals surface area contributed by atoms with E-state index < -0.39 is 4.51 Å². The molecule has 0 bridgehead atoms. The number of allylic oxidation sites excluding steroid dienone is 1. The van der Waals surface area contributed by atoms with Gasteiger partial charge in [-0.15, -0.1) is 0 Å². The number of methoxy groups -OCH3 is 3. The molecule has 73 valence electrons. The highest BCUT2D eigenvalue weighted by molar-refractivity contribution is 9.10. The number of alkyl halides is 1. The average Bonchev–Trinajstić information content (AvgIpc) is 2.17. The second-order valence-electron chi connectivity index (χ2n) is 2.36. The zero-order valence-electron chi connectivity index (χ0n) is 7.70. The molecule has 13 heavy (non-hydrogen) atoms. The Balaban J connectivity index is 3.04. The third kappa shape index (κ3) is 1.86. The topological polar surface area (TPSA) is 40.0 Å². The molecule has 1 rings (SSSR count). The van der Waals surface area contributed by atoms with E-state index in [9.17, 15) is 0 Å². The molecule has 0 spiro atoms. The van der Waals surface area contributed by atoms with E-state index in [1.165, 1.54) is 0 Å². The molecule has 1 radical (unpaired) electrons. The Hall–Kier alpha value is -0.550. The SMILES string of the molecule is COC1=C(OC)C(Br)(OC)[CH]N=C1. The van der Waals surface area contributed by atoms with Crippen LogP contribution in [0.1, 0.15) is 0 Å². The molecule has 5 heteroatoms. The maximum absolute atomic E-state index is 5.20. The van der Waals surface area contributed by atoms with E-state index in [1.807, 2.05) is 0 Å². The summed E-state index contributed by atoms with van der Waals surface area (Å²) in [6.45, 7) is 1.59. The van der Waals surface area contributed by atoms with Crippen LogP contribution in [-0.4, -0.2) is 32.1 Å². The molecule has 0 aromatic carbocycles. The van der Waals surface area contributed by atoms with Crippen LogP contribution in [-0.2, 0) is 14.2 Å². The van der Waals surface area contributed by atoms with Gasteiger partial charge in [0.15, 0.2) is 11.5 Å². The fourth-order valence-corrected chi connectivity index (χ4v) is 1.49. The molecule has 1 heterocycles. The molecular formula is C8H11BrNO3. The fraction of sp³-hybridized carbons (Fsp3) is 0.500. The summed E-state index contributed by atoms with van der Waals surface area (Å²) in [4.78, 5) is 3.97. The molecule has 1 atom stereocenters. The summed E-state index contributed by atoms with van der Waals surface area (Å²) >= 11 is 3.35. The quantitative estimate of drug-likeness (QED) is 0.711. The number of dihydropyridines is 1. The van der Waals surface area contributed by atoms with E-state index in [2.05, 4.69) is 20.9 Å². The molecule has 0 saturated heterocycles. The molecule has 1 aliphatic heterocycles. The van der Waals surface area contributed by atoms with Gasteiger partial charge in [-0.3, -0.25) is 4.99 Å². The predicted molar refractivity (Wildman–Crippen MR) is 52.5 cm³/mol. The lowest BCUT2D eigenvalue weighted by atomic mass is 10.2. The summed E-state index contributed by atoms with van der Waals surface area (Å²) in [5.41, 5.74) is 0. The van der Waals surface area contributed by atoms with Crippen molar-refractivity contribution in [1.29, 1.82) is 0 Å². The summed E-state index contributed by atoms with van der Waals surface area (Å²) in [6.07, 6.45) is 1.57. The maximum Gasteiger partial charge on any atom is 0.207 e. The van der Waals surface area contributed by atoms with Crippen LogP contribution in [0.2, 0.25) is 0 Å². The third-order valence-corrected chi connectivity index (χ3v) is 2.58. The monoisotopic (exact) mass is 248 g/mol. The van der Waals surface area contributed by atoms with Crippen LogP contribution in [0.25, 0.3) is 0 Å². The molecule has 1 unspecified atom stereocenters. The molecular weight excluding hydrogens is 238 g/mol. The van der Waals surface area contributed by atoms with Crippen molar-refractivity contribution in [2.24, 2.45) is 4.99 Å². The first kappa shape index (κ1) is 10.5. The van der Waals surface area contributed by atoms with Crippen LogP contribution < -0.4 is 0 Å². The van der Waals surface area contributed by atoms with Gasteiger partial charge in [-0.05, 0) is 15.9 Å². The number of hydrogen-bond acceptors (Lipinski definition) is 4. The molecule has 0 N–H and O–H groups in total. The normalized spacial score (nSPS) is 27.7. The highest BCUT2D eigenvalue weighted by Crippen LogP contribution is 2.36. The number of nitrogens with zero attached hydrogens (tertiary/aromatic N) is 1. The van der Waals surface area contributed by atoms with Gasteiger partial charge in [-0.25, -0.2) is 0 Å². The second-order valence-corrected chi connectivity index (χ2v) is 3.54. The Labute approximate surface area is 85.7 Å². The molecule has 0 aliphatic carbocycles. The van der Waals surface area contributed by atoms with Crippen molar-refractivity contribution in [3.8, 4) is 0 Å². The van der Waals surface area contributed by atoms with E-state index in [-0.39, 0.29) is 0 Å². The Kier molecular flexibility index (Phi) is 3.33. The number of ether oxygens (including phenoxy) is 3. The Morgan fingerprint density at radius 2 is 2.00 bits per heavy atom. The van der Waals surface area contributed by atoms with Crippen molar-refractivity contribution in [3.63, 3.8) is 0 Å². The van der Waals surface area contributed by atoms with Gasteiger partial charge >= 0.3 is 0 Å². The largest absolute Gasteiger partial charge is 0.493 e. The zero-order chi connectivity index (χ0) is 9.90. The van der Waals surface area contributed by atoms with Gasteiger partial charge in [0, 0.05) is 7.11 Å². The fourth-order valence-electron chi connectivity index (χ4n) is 1.02. The molecule has 0 saturated carbocycles. The summed E-state index contributed by atoms with van der Waals surface area (Å²) < 4.78 is 14.6. The molecule has 0 aromatic rings. The maximum atomic E-state index is 5.20. The summed E-state index contributed by atoms with van der Waals surface area (Å²) in [6, 6.07) is 0. The van der Waals surface area contributed by atoms with E-state index in [0.717, 1.165) is 0 Å². The van der Waals surface area contributed by atoms with Crippen LogP contribution >= 0.6 is 15.9 Å². The Morgan fingerprint density at radius 3 is 2.46 bits per heavy atom. The molecule has 0 aromatic heterocycles. The van der Waals surface area contributed by atoms with Crippen LogP contribution in [0, 0.1) is 6.54 Å². The number of aliphatic imine (C=N–C) groups is 1. The van der Waals surface area contributed by atoms with Crippen molar-refractivity contribution >= 4 is 22.1 Å². The van der Waals surface area contributed by atoms with Crippen LogP contribution in [0.5, 0.6) is 0 Å². The number of rotatable bonds is 3. The first-order chi connectivity index (χ1) is 6.18. The second kappa shape index (κ2) is 4.11. The molecule has 0 amide bonds. The van der Waals surface area contributed by atoms with Crippen LogP contribution in [0.4, 0.5) is 0 Å². The van der Waals surface area contributed by atoms with Gasteiger partial charge in [0.1, 0.15) is 6.54 Å². The first-order valence-corrected chi connectivity index (χ1v) is 4.41. The van der Waals surface area contributed by atoms with E-state index in [4.69, 9.17) is 14.2 Å². The van der Waals surface area contributed by atoms with Gasteiger partial charge in [0.2, 0.25) is 4.51 Å². The van der Waals surface area contributed by atoms with Crippen molar-refractivity contribution in [3.05, 3.63) is 18.1 Å². The lowest BCUT2D eigenvalue weighted by Crippen LogP contribution is -2.31. The van der Waals surface area contributed by atoms with Gasteiger partial charge in [0.25, 0.3) is 0 Å². The predicted octanol–water partition coefficient (Wildman–Crippen LogP) is 1.47. The minimum absolute atomic E-state index is 0.545. The Bertz CT molecular complexity index is 252. The van der Waals surface area contributed by atoms with Crippen molar-refractivity contribution in [2.45, 2.75) is 4.51 Å². The van der Waals surface area contributed by atoms with E-state index in [1.54, 1.807) is 34.1 Å². The van der Waals surface area contributed by atoms with Gasteiger partial charge in [0.05, 0.1) is 20.4 Å². The minimum Gasteiger partial charge on any atom is -0.493 e. The summed E-state index contributed by atoms with van der Waals surface area (Å²) in [5.74, 6) is 1.09. The molecule has 4 nitrogen and oxygen atoms in total. The van der Waals surface area contributed by atoms with Gasteiger partial charge in [-0.2, -0.15) is 0 Å². The van der Waals surface area contributed by atoms with Crippen molar-refractivity contribution in [2.75, 3.05) is 21.3 Å². The smallest absolute Gasteiger partial charge is 0.207 e. The van der Waals surface area contributed by atoms with Crippen LogP contribution in [0.15, 0.2) is 16.5 Å². The minimum atomic E-state index is -0.818. The van der Waals surface area contributed by atoms with Gasteiger partial charge in [-0.1, -0.05) is 0 Å². The lowest BCUT2D eigenvalue weighted by molar-refractivity contribution is 0.0676. The molecule has 1 aliphatic rings. The highest BCUT2D eigenvalue weighted by atomic mass is 79.9. The summed E-state index contributed by atoms with van der Waals surface area (Å²) in [7, 11) is 4.66. The van der Waals surface area contributed by atoms with E-state index >= 15 is 0 Å².